The van der Waals surface area contributed by atoms with Gasteiger partial charge in [0.1, 0.15) is 17.6 Å². The Morgan fingerprint density at radius 1 is 1.11 bits per heavy atom. The van der Waals surface area contributed by atoms with E-state index < -0.39 is 29.6 Å². The van der Waals surface area contributed by atoms with Crippen LogP contribution in [0.1, 0.15) is 34.6 Å². The van der Waals surface area contributed by atoms with Crippen LogP contribution in [-0.4, -0.2) is 36.0 Å². The molecule has 7 nitrogen and oxygen atoms in total. The highest BCUT2D eigenvalue weighted by atomic mass is 19.1. The fourth-order valence-corrected chi connectivity index (χ4v) is 2.55. The van der Waals surface area contributed by atoms with Gasteiger partial charge in [0.25, 0.3) is 5.91 Å². The number of hydrogen-bond acceptors (Lipinski definition) is 4. The van der Waals surface area contributed by atoms with E-state index >= 15 is 0 Å². The van der Waals surface area contributed by atoms with Crippen molar-refractivity contribution in [3.05, 3.63) is 59.4 Å². The Balaban J connectivity index is 2.22. The number of methoxy groups -OCH3 is 1. The van der Waals surface area contributed by atoms with Crippen molar-refractivity contribution in [1.82, 2.24) is 5.32 Å². The number of hydrogen-bond donors (Lipinski definition) is 3. The van der Waals surface area contributed by atoms with E-state index in [1.165, 1.54) is 7.11 Å². The second-order valence-electron chi connectivity index (χ2n) is 6.38. The first-order valence-corrected chi connectivity index (χ1v) is 8.52. The van der Waals surface area contributed by atoms with Gasteiger partial charge in [-0.05, 0) is 36.2 Å². The second-order valence-corrected chi connectivity index (χ2v) is 6.38. The van der Waals surface area contributed by atoms with Crippen LogP contribution in [0.4, 0.5) is 10.1 Å². The molecule has 148 valence electrons. The van der Waals surface area contributed by atoms with Crippen LogP contribution in [0.25, 0.3) is 0 Å². The van der Waals surface area contributed by atoms with Gasteiger partial charge in [-0.15, -0.1) is 0 Å². The van der Waals surface area contributed by atoms with Crippen molar-refractivity contribution in [3.8, 4) is 5.75 Å². The number of carbonyl (C=O) groups is 3. The molecule has 0 fully saturated rings. The predicted octanol–water partition coefficient (Wildman–Crippen LogP) is 2.93. The normalized spacial score (nSPS) is 11.6. The minimum Gasteiger partial charge on any atom is -0.496 e. The summed E-state index contributed by atoms with van der Waals surface area (Å²) in [6.07, 6.45) is 0. The van der Waals surface area contributed by atoms with Crippen molar-refractivity contribution < 1.29 is 28.6 Å². The minimum atomic E-state index is -1.25. The average molecular weight is 388 g/mol. The zero-order chi connectivity index (χ0) is 20.8. The lowest BCUT2D eigenvalue weighted by Crippen LogP contribution is -2.47. The van der Waals surface area contributed by atoms with E-state index in [-0.39, 0.29) is 22.7 Å². The number of amides is 2. The monoisotopic (exact) mass is 388 g/mol. The van der Waals surface area contributed by atoms with Crippen LogP contribution in [0.5, 0.6) is 5.75 Å². The summed E-state index contributed by atoms with van der Waals surface area (Å²) in [5.41, 5.74) is -0.194. The average Bonchev–Trinajstić information content (AvgIpc) is 2.66. The molecule has 0 saturated carbocycles. The molecule has 0 aromatic heterocycles. The SMILES string of the molecule is COc1ccccc1C(=O)NC(C(=O)Nc1cc(C(=O)O)ccc1F)C(C)C. The van der Waals surface area contributed by atoms with E-state index in [1.807, 2.05) is 0 Å². The summed E-state index contributed by atoms with van der Waals surface area (Å²) in [7, 11) is 1.43. The first kappa shape index (κ1) is 20.9. The molecule has 2 aromatic rings. The van der Waals surface area contributed by atoms with Gasteiger partial charge < -0.3 is 20.5 Å². The van der Waals surface area contributed by atoms with Crippen LogP contribution in [0.2, 0.25) is 0 Å². The molecule has 1 atom stereocenters. The van der Waals surface area contributed by atoms with Gasteiger partial charge in [0.2, 0.25) is 5.91 Å². The first-order chi connectivity index (χ1) is 13.2. The summed E-state index contributed by atoms with van der Waals surface area (Å²) >= 11 is 0. The van der Waals surface area contributed by atoms with E-state index in [0.717, 1.165) is 18.2 Å². The second kappa shape index (κ2) is 8.98. The number of anilines is 1. The van der Waals surface area contributed by atoms with Gasteiger partial charge >= 0.3 is 5.97 Å². The maximum absolute atomic E-state index is 14.0. The van der Waals surface area contributed by atoms with Crippen molar-refractivity contribution in [3.63, 3.8) is 0 Å². The lowest BCUT2D eigenvalue weighted by Gasteiger charge is -2.22. The fraction of sp³-hybridized carbons (Fsp3) is 0.250. The van der Waals surface area contributed by atoms with E-state index in [9.17, 15) is 18.8 Å². The maximum atomic E-state index is 14.0. The molecule has 28 heavy (non-hydrogen) atoms. The van der Waals surface area contributed by atoms with Crippen molar-refractivity contribution in [2.24, 2.45) is 5.92 Å². The summed E-state index contributed by atoms with van der Waals surface area (Å²) in [6, 6.07) is 8.63. The van der Waals surface area contributed by atoms with Crippen LogP contribution in [0.15, 0.2) is 42.5 Å². The van der Waals surface area contributed by atoms with Gasteiger partial charge in [0.15, 0.2) is 0 Å². The number of nitrogens with one attached hydrogen (secondary N) is 2. The van der Waals surface area contributed by atoms with E-state index in [4.69, 9.17) is 9.84 Å². The Morgan fingerprint density at radius 2 is 1.79 bits per heavy atom. The lowest BCUT2D eigenvalue weighted by molar-refractivity contribution is -0.118. The summed E-state index contributed by atoms with van der Waals surface area (Å²) in [4.78, 5) is 36.3. The predicted molar refractivity (Wildman–Crippen MR) is 101 cm³/mol. The van der Waals surface area contributed by atoms with E-state index in [0.29, 0.717) is 5.75 Å². The third-order valence-corrected chi connectivity index (χ3v) is 4.06. The van der Waals surface area contributed by atoms with Gasteiger partial charge in [0.05, 0.1) is 23.9 Å². The number of carboxylic acids is 1. The number of para-hydroxylation sites is 1. The number of benzene rings is 2. The highest BCUT2D eigenvalue weighted by Gasteiger charge is 2.26. The van der Waals surface area contributed by atoms with Crippen LogP contribution in [0, 0.1) is 11.7 Å². The van der Waals surface area contributed by atoms with E-state index in [1.54, 1.807) is 38.1 Å². The molecule has 8 heteroatoms. The molecule has 0 saturated heterocycles. The van der Waals surface area contributed by atoms with Crippen LogP contribution in [-0.2, 0) is 4.79 Å². The summed E-state index contributed by atoms with van der Waals surface area (Å²) < 4.78 is 19.1. The minimum absolute atomic E-state index is 0.171. The van der Waals surface area contributed by atoms with Gasteiger partial charge in [0, 0.05) is 0 Å². The standard InChI is InChI=1S/C20H21FN2O5/c1-11(2)17(23-18(24)13-6-4-5-7-16(13)28-3)19(25)22-15-10-12(20(26)27)8-9-14(15)21/h4-11,17H,1-3H3,(H,22,25)(H,23,24)(H,26,27). The number of rotatable bonds is 7. The highest BCUT2D eigenvalue weighted by Crippen LogP contribution is 2.20. The molecule has 2 amide bonds. The number of aromatic carboxylic acids is 1. The third kappa shape index (κ3) is 4.85. The molecule has 0 bridgehead atoms. The number of carbonyl (C=O) groups excluding carboxylic acids is 2. The Hall–Kier alpha value is -3.42. The molecule has 0 aliphatic carbocycles. The Morgan fingerprint density at radius 3 is 2.39 bits per heavy atom. The molecule has 0 radical (unpaired) electrons. The third-order valence-electron chi connectivity index (χ3n) is 4.06. The molecule has 2 rings (SSSR count). The first-order valence-electron chi connectivity index (χ1n) is 8.52. The lowest BCUT2D eigenvalue weighted by atomic mass is 10.0. The van der Waals surface area contributed by atoms with Crippen molar-refractivity contribution in [2.75, 3.05) is 12.4 Å². The molecule has 1 unspecified atom stereocenters. The van der Waals surface area contributed by atoms with Crippen LogP contribution < -0.4 is 15.4 Å². The van der Waals surface area contributed by atoms with Crippen LogP contribution in [0.3, 0.4) is 0 Å². The van der Waals surface area contributed by atoms with Gasteiger partial charge in [-0.2, -0.15) is 0 Å². The fourth-order valence-electron chi connectivity index (χ4n) is 2.55. The van der Waals surface area contributed by atoms with Crippen LogP contribution >= 0.6 is 0 Å². The highest BCUT2D eigenvalue weighted by molar-refractivity contribution is 6.03. The van der Waals surface area contributed by atoms with Crippen molar-refractivity contribution >= 4 is 23.5 Å². The van der Waals surface area contributed by atoms with Gasteiger partial charge in [-0.1, -0.05) is 26.0 Å². The zero-order valence-corrected chi connectivity index (χ0v) is 15.7. The van der Waals surface area contributed by atoms with E-state index in [2.05, 4.69) is 10.6 Å². The van der Waals surface area contributed by atoms with Crippen molar-refractivity contribution in [1.29, 1.82) is 0 Å². The largest absolute Gasteiger partial charge is 0.496 e. The zero-order valence-electron chi connectivity index (χ0n) is 15.7. The molecule has 3 N–H and O–H groups in total. The number of carboxylic acid groups (broad SMARTS) is 1. The quantitative estimate of drug-likeness (QED) is 0.676. The van der Waals surface area contributed by atoms with Gasteiger partial charge in [-0.25, -0.2) is 9.18 Å². The van der Waals surface area contributed by atoms with Crippen molar-refractivity contribution in [2.45, 2.75) is 19.9 Å². The number of halogens is 1. The molecule has 0 aliphatic heterocycles. The topological polar surface area (TPSA) is 105 Å². The smallest absolute Gasteiger partial charge is 0.335 e. The maximum Gasteiger partial charge on any atom is 0.335 e. The summed E-state index contributed by atoms with van der Waals surface area (Å²) in [5, 5.41) is 14.0. The molecule has 0 spiro atoms. The molecule has 2 aromatic carbocycles. The molecule has 0 heterocycles. The Labute approximate surface area is 161 Å². The summed E-state index contributed by atoms with van der Waals surface area (Å²) in [6.45, 7) is 3.44. The summed E-state index contributed by atoms with van der Waals surface area (Å²) in [5.74, 6) is -3.18. The Bertz CT molecular complexity index is 898. The Kier molecular flexibility index (Phi) is 6.70. The molecular formula is C20H21FN2O5. The number of ether oxygens (including phenoxy) is 1. The molecule has 0 aliphatic rings. The van der Waals surface area contributed by atoms with Gasteiger partial charge in [-0.3, -0.25) is 9.59 Å². The molecular weight excluding hydrogens is 367 g/mol.